The molecule has 0 heteroatoms. The van der Waals surface area contributed by atoms with E-state index in [0.29, 0.717) is 5.41 Å². The molecule has 0 radical (unpaired) electrons. The SMILES string of the molecule is CCCCCCCCc1ccc2c(c1)CCC(C)(C)CC2. The fraction of sp³-hybridized carbons (Fsp3) is 0.714. The second-order valence-electron chi connectivity index (χ2n) is 7.79. The van der Waals surface area contributed by atoms with Crippen LogP contribution in [0.3, 0.4) is 0 Å². The fourth-order valence-electron chi connectivity index (χ4n) is 3.49. The monoisotopic (exact) mass is 286 g/mol. The summed E-state index contributed by atoms with van der Waals surface area (Å²) in [5, 5.41) is 0. The Morgan fingerprint density at radius 2 is 1.52 bits per heavy atom. The van der Waals surface area contributed by atoms with Crippen molar-refractivity contribution in [1.82, 2.24) is 0 Å². The number of fused-ring (bicyclic) bond motifs is 1. The van der Waals surface area contributed by atoms with Gasteiger partial charge in [-0.05, 0) is 60.6 Å². The molecule has 0 atom stereocenters. The summed E-state index contributed by atoms with van der Waals surface area (Å²) in [7, 11) is 0. The van der Waals surface area contributed by atoms with Crippen molar-refractivity contribution in [3.63, 3.8) is 0 Å². The average molecular weight is 287 g/mol. The third-order valence-corrected chi connectivity index (χ3v) is 5.23. The summed E-state index contributed by atoms with van der Waals surface area (Å²) in [6.07, 6.45) is 14.9. The molecule has 118 valence electrons. The lowest BCUT2D eigenvalue weighted by Gasteiger charge is -2.21. The highest BCUT2D eigenvalue weighted by Crippen LogP contribution is 2.34. The largest absolute Gasteiger partial charge is 0.0654 e. The number of benzene rings is 1. The topological polar surface area (TPSA) is 0 Å². The summed E-state index contributed by atoms with van der Waals surface area (Å²) < 4.78 is 0. The minimum atomic E-state index is 0.526. The van der Waals surface area contributed by atoms with Gasteiger partial charge in [0.15, 0.2) is 0 Å². The van der Waals surface area contributed by atoms with Crippen molar-refractivity contribution in [3.05, 3.63) is 34.9 Å². The van der Waals surface area contributed by atoms with Gasteiger partial charge >= 0.3 is 0 Å². The maximum absolute atomic E-state index is 2.52. The Labute approximate surface area is 132 Å². The Morgan fingerprint density at radius 1 is 0.857 bits per heavy atom. The summed E-state index contributed by atoms with van der Waals surface area (Å²) in [5.41, 5.74) is 5.36. The van der Waals surface area contributed by atoms with Crippen LogP contribution in [0.4, 0.5) is 0 Å². The number of rotatable bonds is 7. The lowest BCUT2D eigenvalue weighted by molar-refractivity contribution is 0.317. The molecular formula is C21H34. The van der Waals surface area contributed by atoms with E-state index in [4.69, 9.17) is 0 Å². The summed E-state index contributed by atoms with van der Waals surface area (Å²) >= 11 is 0. The van der Waals surface area contributed by atoms with Gasteiger partial charge in [0.1, 0.15) is 0 Å². The van der Waals surface area contributed by atoms with E-state index >= 15 is 0 Å². The second-order valence-corrected chi connectivity index (χ2v) is 7.79. The van der Waals surface area contributed by atoms with Gasteiger partial charge in [-0.2, -0.15) is 0 Å². The zero-order valence-corrected chi connectivity index (χ0v) is 14.5. The van der Waals surface area contributed by atoms with Crippen molar-refractivity contribution in [2.45, 2.75) is 91.4 Å². The molecule has 0 nitrogen and oxygen atoms in total. The minimum Gasteiger partial charge on any atom is -0.0654 e. The zero-order chi connectivity index (χ0) is 15.1. The number of aryl methyl sites for hydroxylation is 3. The molecule has 0 amide bonds. The third kappa shape index (κ3) is 5.49. The maximum atomic E-state index is 2.52. The van der Waals surface area contributed by atoms with E-state index in [0.717, 1.165) is 0 Å². The Morgan fingerprint density at radius 3 is 2.29 bits per heavy atom. The molecule has 0 unspecified atom stereocenters. The number of hydrogen-bond acceptors (Lipinski definition) is 0. The van der Waals surface area contributed by atoms with Crippen LogP contribution in [0.1, 0.15) is 88.8 Å². The predicted molar refractivity (Wildman–Crippen MR) is 93.9 cm³/mol. The fourth-order valence-corrected chi connectivity index (χ4v) is 3.49. The normalized spacial score (nSPS) is 17.3. The van der Waals surface area contributed by atoms with E-state index in [1.54, 1.807) is 16.7 Å². The van der Waals surface area contributed by atoms with Gasteiger partial charge in [-0.15, -0.1) is 0 Å². The van der Waals surface area contributed by atoms with Crippen LogP contribution >= 0.6 is 0 Å². The number of hydrogen-bond donors (Lipinski definition) is 0. The zero-order valence-electron chi connectivity index (χ0n) is 14.5. The van der Waals surface area contributed by atoms with Crippen LogP contribution < -0.4 is 0 Å². The Balaban J connectivity index is 1.82. The molecular weight excluding hydrogens is 252 g/mol. The molecule has 0 fully saturated rings. The van der Waals surface area contributed by atoms with Crippen LogP contribution in [0.15, 0.2) is 18.2 Å². The second kappa shape index (κ2) is 8.01. The Kier molecular flexibility index (Phi) is 6.33. The van der Waals surface area contributed by atoms with E-state index in [1.165, 1.54) is 70.6 Å². The standard InChI is InChI=1S/C21H34/c1-4-5-6-7-8-9-10-18-11-12-19-13-15-21(2,3)16-14-20(19)17-18/h11-12,17H,4-10,13-16H2,1-3H3. The van der Waals surface area contributed by atoms with Crippen LogP contribution in [0, 0.1) is 5.41 Å². The highest BCUT2D eigenvalue weighted by atomic mass is 14.3. The highest BCUT2D eigenvalue weighted by Gasteiger charge is 2.22. The molecule has 0 N–H and O–H groups in total. The molecule has 1 aromatic rings. The van der Waals surface area contributed by atoms with E-state index in [2.05, 4.69) is 39.0 Å². The summed E-state index contributed by atoms with van der Waals surface area (Å²) in [6, 6.07) is 7.33. The molecule has 0 spiro atoms. The molecule has 0 aliphatic heterocycles. The van der Waals surface area contributed by atoms with Crippen LogP contribution in [0.5, 0.6) is 0 Å². The molecule has 1 aromatic carbocycles. The van der Waals surface area contributed by atoms with Gasteiger partial charge in [0.2, 0.25) is 0 Å². The summed E-state index contributed by atoms with van der Waals surface area (Å²) in [4.78, 5) is 0. The van der Waals surface area contributed by atoms with E-state index in [-0.39, 0.29) is 0 Å². The first-order valence-corrected chi connectivity index (χ1v) is 9.21. The Bertz CT molecular complexity index is 428. The highest BCUT2D eigenvalue weighted by molar-refractivity contribution is 5.33. The van der Waals surface area contributed by atoms with Crippen LogP contribution in [-0.4, -0.2) is 0 Å². The molecule has 0 saturated carbocycles. The van der Waals surface area contributed by atoms with Crippen LogP contribution in [0.25, 0.3) is 0 Å². The van der Waals surface area contributed by atoms with Crippen LogP contribution in [0.2, 0.25) is 0 Å². The van der Waals surface area contributed by atoms with Crippen molar-refractivity contribution in [3.8, 4) is 0 Å². The number of unbranched alkanes of at least 4 members (excludes halogenated alkanes) is 5. The molecule has 0 bridgehead atoms. The van der Waals surface area contributed by atoms with Crippen molar-refractivity contribution in [2.24, 2.45) is 5.41 Å². The first-order valence-electron chi connectivity index (χ1n) is 9.21. The van der Waals surface area contributed by atoms with Crippen LogP contribution in [-0.2, 0) is 19.3 Å². The molecule has 0 aromatic heterocycles. The average Bonchev–Trinajstić information content (AvgIpc) is 2.62. The van der Waals surface area contributed by atoms with Gasteiger partial charge in [-0.3, -0.25) is 0 Å². The van der Waals surface area contributed by atoms with Gasteiger partial charge in [-0.25, -0.2) is 0 Å². The van der Waals surface area contributed by atoms with Gasteiger partial charge in [-0.1, -0.05) is 71.1 Å². The van der Waals surface area contributed by atoms with Gasteiger partial charge in [0.05, 0.1) is 0 Å². The van der Waals surface area contributed by atoms with Gasteiger partial charge in [0.25, 0.3) is 0 Å². The molecule has 21 heavy (non-hydrogen) atoms. The minimum absolute atomic E-state index is 0.526. The molecule has 2 rings (SSSR count). The molecule has 1 aliphatic rings. The van der Waals surface area contributed by atoms with E-state index in [9.17, 15) is 0 Å². The summed E-state index contributed by atoms with van der Waals surface area (Å²) in [6.45, 7) is 7.14. The molecule has 0 heterocycles. The van der Waals surface area contributed by atoms with Crippen molar-refractivity contribution >= 4 is 0 Å². The lowest BCUT2D eigenvalue weighted by atomic mass is 9.85. The molecule has 0 saturated heterocycles. The van der Waals surface area contributed by atoms with Crippen molar-refractivity contribution in [1.29, 1.82) is 0 Å². The van der Waals surface area contributed by atoms with Crippen molar-refractivity contribution in [2.75, 3.05) is 0 Å². The van der Waals surface area contributed by atoms with Gasteiger partial charge < -0.3 is 0 Å². The smallest absolute Gasteiger partial charge is 0.0271 e. The van der Waals surface area contributed by atoms with E-state index in [1.807, 2.05) is 0 Å². The predicted octanol–water partition coefficient (Wildman–Crippen LogP) is 6.49. The Hall–Kier alpha value is -0.780. The molecule has 1 aliphatic carbocycles. The summed E-state index contributed by atoms with van der Waals surface area (Å²) in [5.74, 6) is 0. The van der Waals surface area contributed by atoms with Gasteiger partial charge in [0, 0.05) is 0 Å². The van der Waals surface area contributed by atoms with E-state index < -0.39 is 0 Å². The maximum Gasteiger partial charge on any atom is -0.0271 e. The lowest BCUT2D eigenvalue weighted by Crippen LogP contribution is -2.10. The quantitative estimate of drug-likeness (QED) is 0.397. The first-order chi connectivity index (χ1) is 10.1. The third-order valence-electron chi connectivity index (χ3n) is 5.23. The van der Waals surface area contributed by atoms with Crippen molar-refractivity contribution < 1.29 is 0 Å². The first kappa shape index (κ1) is 16.6.